The van der Waals surface area contributed by atoms with E-state index in [1.165, 1.54) is 6.07 Å². The number of phenolic OH excluding ortho intramolecular Hbond substituents is 2. The molecule has 1 aromatic heterocycles. The molecule has 2 N–H and O–H groups in total. The summed E-state index contributed by atoms with van der Waals surface area (Å²) in [5.41, 5.74) is 1.41. The molecule has 1 aliphatic carbocycles. The van der Waals surface area contributed by atoms with Gasteiger partial charge in [-0.2, -0.15) is 0 Å². The number of Topliss-reactive ketones (excluding diaryl/α,β-unsaturated/α-hetero) is 1. The van der Waals surface area contributed by atoms with E-state index < -0.39 is 0 Å². The first kappa shape index (κ1) is 12.1. The third kappa shape index (κ3) is 1.63. The lowest BCUT2D eigenvalue weighted by Gasteiger charge is -2.27. The van der Waals surface area contributed by atoms with Gasteiger partial charge in [0.1, 0.15) is 11.3 Å². The summed E-state index contributed by atoms with van der Waals surface area (Å²) >= 11 is 0. The molecule has 0 amide bonds. The van der Waals surface area contributed by atoms with Gasteiger partial charge in [0.2, 0.25) is 0 Å². The summed E-state index contributed by atoms with van der Waals surface area (Å²) < 4.78 is 5.77. The number of carbonyl (C=O) groups excluding carboxylic acids is 1. The number of carbonyl (C=O) groups is 1. The minimum atomic E-state index is -0.216. The maximum Gasteiger partial charge on any atom is 0.167 e. The Morgan fingerprint density at radius 3 is 2.63 bits per heavy atom. The lowest BCUT2D eigenvalue weighted by molar-refractivity contribution is 0.0906. The van der Waals surface area contributed by atoms with Crippen molar-refractivity contribution in [3.63, 3.8) is 0 Å². The first-order chi connectivity index (χ1) is 8.80. The van der Waals surface area contributed by atoms with Crippen molar-refractivity contribution < 1.29 is 19.4 Å². The van der Waals surface area contributed by atoms with Crippen LogP contribution in [0.25, 0.3) is 11.0 Å². The highest BCUT2D eigenvalue weighted by atomic mass is 16.3. The van der Waals surface area contributed by atoms with E-state index in [4.69, 9.17) is 4.42 Å². The van der Waals surface area contributed by atoms with Crippen molar-refractivity contribution in [2.75, 3.05) is 0 Å². The first-order valence-corrected chi connectivity index (χ1v) is 6.30. The van der Waals surface area contributed by atoms with Gasteiger partial charge in [0, 0.05) is 23.8 Å². The molecular formula is C15H16O4. The van der Waals surface area contributed by atoms with E-state index >= 15 is 0 Å². The Labute approximate surface area is 110 Å². The number of ketones is 1. The van der Waals surface area contributed by atoms with Crippen LogP contribution in [0.2, 0.25) is 0 Å². The number of fused-ring (bicyclic) bond motifs is 3. The maximum absolute atomic E-state index is 12.3. The smallest absolute Gasteiger partial charge is 0.167 e. The Morgan fingerprint density at radius 1 is 1.26 bits per heavy atom. The molecule has 0 atom stereocenters. The highest BCUT2D eigenvalue weighted by molar-refractivity contribution is 6.10. The lowest BCUT2D eigenvalue weighted by Crippen LogP contribution is -2.25. The van der Waals surface area contributed by atoms with Crippen LogP contribution in [-0.4, -0.2) is 16.0 Å². The molecule has 2 aromatic rings. The Balaban J connectivity index is 2.36. The number of rotatable bonds is 0. The molecule has 4 heteroatoms. The predicted molar refractivity (Wildman–Crippen MR) is 70.7 cm³/mol. The molecule has 0 bridgehead atoms. The fourth-order valence-corrected chi connectivity index (χ4v) is 2.86. The molecular weight excluding hydrogens is 244 g/mol. The van der Waals surface area contributed by atoms with Gasteiger partial charge in [0.05, 0.1) is 5.56 Å². The third-order valence-corrected chi connectivity index (χ3v) is 3.79. The SMILES string of the molecule is Cc1c(O)c(O)cc2c3c(oc12)CC(C)(C)CC3=O. The van der Waals surface area contributed by atoms with E-state index in [-0.39, 0.29) is 22.7 Å². The maximum atomic E-state index is 12.3. The summed E-state index contributed by atoms with van der Waals surface area (Å²) in [5.74, 6) is 0.287. The molecule has 0 radical (unpaired) electrons. The van der Waals surface area contributed by atoms with Crippen molar-refractivity contribution in [1.29, 1.82) is 0 Å². The summed E-state index contributed by atoms with van der Waals surface area (Å²) in [5, 5.41) is 20.0. The van der Waals surface area contributed by atoms with Gasteiger partial charge in [-0.1, -0.05) is 13.8 Å². The molecule has 100 valence electrons. The topological polar surface area (TPSA) is 70.7 Å². The van der Waals surface area contributed by atoms with Gasteiger partial charge in [-0.05, 0) is 18.4 Å². The highest BCUT2D eigenvalue weighted by Crippen LogP contribution is 2.44. The Morgan fingerprint density at radius 2 is 1.95 bits per heavy atom. The van der Waals surface area contributed by atoms with Crippen molar-refractivity contribution in [3.05, 3.63) is 23.0 Å². The predicted octanol–water partition coefficient (Wildman–Crippen LogP) is 3.31. The van der Waals surface area contributed by atoms with Crippen LogP contribution in [0.4, 0.5) is 0 Å². The number of aromatic hydroxyl groups is 2. The van der Waals surface area contributed by atoms with Gasteiger partial charge in [0.25, 0.3) is 0 Å². The summed E-state index contributed by atoms with van der Waals surface area (Å²) in [6.07, 6.45) is 1.15. The van der Waals surface area contributed by atoms with Crippen LogP contribution >= 0.6 is 0 Å². The van der Waals surface area contributed by atoms with Crippen LogP contribution in [0.3, 0.4) is 0 Å². The number of hydrogen-bond acceptors (Lipinski definition) is 4. The quantitative estimate of drug-likeness (QED) is 0.713. The minimum absolute atomic E-state index is 0.0366. The van der Waals surface area contributed by atoms with E-state index in [1.807, 2.05) is 13.8 Å². The molecule has 0 aliphatic heterocycles. The number of aryl methyl sites for hydroxylation is 1. The van der Waals surface area contributed by atoms with Gasteiger partial charge in [-0.15, -0.1) is 0 Å². The summed E-state index contributed by atoms with van der Waals surface area (Å²) in [7, 11) is 0. The average Bonchev–Trinajstić information content (AvgIpc) is 2.63. The normalized spacial score (nSPS) is 17.7. The van der Waals surface area contributed by atoms with Crippen molar-refractivity contribution >= 4 is 16.8 Å². The lowest BCUT2D eigenvalue weighted by atomic mass is 9.76. The summed E-state index contributed by atoms with van der Waals surface area (Å²) in [4.78, 5) is 12.3. The minimum Gasteiger partial charge on any atom is -0.504 e. The number of benzene rings is 1. The number of phenols is 2. The molecule has 0 saturated carbocycles. The first-order valence-electron chi connectivity index (χ1n) is 6.30. The zero-order valence-electron chi connectivity index (χ0n) is 11.2. The largest absolute Gasteiger partial charge is 0.504 e. The zero-order chi connectivity index (χ0) is 13.9. The summed E-state index contributed by atoms with van der Waals surface area (Å²) in [6, 6.07) is 1.41. The van der Waals surface area contributed by atoms with E-state index in [9.17, 15) is 15.0 Å². The zero-order valence-corrected chi connectivity index (χ0v) is 11.2. The van der Waals surface area contributed by atoms with Crippen LogP contribution in [0.1, 0.15) is 41.9 Å². The second-order valence-corrected chi connectivity index (χ2v) is 6.09. The highest BCUT2D eigenvalue weighted by Gasteiger charge is 2.35. The Bertz CT molecular complexity index is 707. The number of hydrogen-bond donors (Lipinski definition) is 2. The molecule has 19 heavy (non-hydrogen) atoms. The molecule has 0 fully saturated rings. The Hall–Kier alpha value is -1.97. The fourth-order valence-electron chi connectivity index (χ4n) is 2.86. The van der Waals surface area contributed by atoms with Gasteiger partial charge in [0.15, 0.2) is 17.3 Å². The number of furan rings is 1. The third-order valence-electron chi connectivity index (χ3n) is 3.79. The van der Waals surface area contributed by atoms with Crippen LogP contribution in [0, 0.1) is 12.3 Å². The van der Waals surface area contributed by atoms with Crippen molar-refractivity contribution in [3.8, 4) is 11.5 Å². The van der Waals surface area contributed by atoms with E-state index in [0.717, 1.165) is 0 Å². The van der Waals surface area contributed by atoms with Crippen LogP contribution < -0.4 is 0 Å². The molecule has 0 unspecified atom stereocenters. The standard InChI is InChI=1S/C15H16O4/c1-7-13(18)9(16)4-8-12-10(17)5-15(2,3)6-11(12)19-14(7)8/h4,16,18H,5-6H2,1-3H3. The fraction of sp³-hybridized carbons (Fsp3) is 0.400. The van der Waals surface area contributed by atoms with Gasteiger partial charge in [-0.25, -0.2) is 0 Å². The second-order valence-electron chi connectivity index (χ2n) is 6.09. The van der Waals surface area contributed by atoms with Gasteiger partial charge >= 0.3 is 0 Å². The van der Waals surface area contributed by atoms with E-state index in [1.54, 1.807) is 6.92 Å². The average molecular weight is 260 g/mol. The van der Waals surface area contributed by atoms with Crippen molar-refractivity contribution in [2.45, 2.75) is 33.6 Å². The second kappa shape index (κ2) is 3.53. The Kier molecular flexibility index (Phi) is 2.24. The van der Waals surface area contributed by atoms with Crippen LogP contribution in [0.5, 0.6) is 11.5 Å². The molecule has 1 aromatic carbocycles. The molecule has 0 spiro atoms. The van der Waals surface area contributed by atoms with Gasteiger partial charge in [-0.3, -0.25) is 4.79 Å². The van der Waals surface area contributed by atoms with Crippen molar-refractivity contribution in [2.24, 2.45) is 5.41 Å². The molecule has 4 nitrogen and oxygen atoms in total. The van der Waals surface area contributed by atoms with E-state index in [0.29, 0.717) is 40.7 Å². The molecule has 1 heterocycles. The monoisotopic (exact) mass is 260 g/mol. The molecule has 0 saturated heterocycles. The molecule has 1 aliphatic rings. The molecule has 3 rings (SSSR count). The van der Waals surface area contributed by atoms with Crippen LogP contribution in [-0.2, 0) is 6.42 Å². The van der Waals surface area contributed by atoms with Crippen LogP contribution in [0.15, 0.2) is 10.5 Å². The van der Waals surface area contributed by atoms with Crippen molar-refractivity contribution in [1.82, 2.24) is 0 Å². The van der Waals surface area contributed by atoms with E-state index in [2.05, 4.69) is 0 Å². The summed E-state index contributed by atoms with van der Waals surface area (Å²) in [6.45, 7) is 5.73. The van der Waals surface area contributed by atoms with Gasteiger partial charge < -0.3 is 14.6 Å².